The Labute approximate surface area is 191 Å². The number of nitrogens with zero attached hydrogens (tertiary/aromatic N) is 5. The molecule has 0 amide bonds. The molecule has 0 bridgehead atoms. The van der Waals surface area contributed by atoms with Crippen LogP contribution in [0, 0.1) is 25.2 Å². The Bertz CT molecular complexity index is 1270. The average Bonchev–Trinajstić information content (AvgIpc) is 3.03. The maximum atomic E-state index is 12.6. The number of hydrogen-bond donors (Lipinski definition) is 0. The molecule has 0 aliphatic heterocycles. The van der Waals surface area contributed by atoms with E-state index in [9.17, 15) is 4.79 Å². The Morgan fingerprint density at radius 2 is 2.00 bits per heavy atom. The fourth-order valence-corrected chi connectivity index (χ4v) is 3.39. The van der Waals surface area contributed by atoms with E-state index < -0.39 is 11.7 Å². The van der Waals surface area contributed by atoms with E-state index in [2.05, 4.69) is 15.1 Å². The topological polar surface area (TPSA) is 103 Å². The Hall–Kier alpha value is -3.44. The lowest BCUT2D eigenvalue weighted by Crippen LogP contribution is -2.28. The molecule has 32 heavy (non-hydrogen) atoms. The fourth-order valence-electron chi connectivity index (χ4n) is 3.24. The van der Waals surface area contributed by atoms with Crippen LogP contribution in [-0.2, 0) is 11.2 Å². The third-order valence-corrected chi connectivity index (χ3v) is 4.74. The van der Waals surface area contributed by atoms with Crippen LogP contribution in [0.25, 0.3) is 17.1 Å². The van der Waals surface area contributed by atoms with Crippen molar-refractivity contribution in [3.63, 3.8) is 0 Å². The second kappa shape index (κ2) is 8.97. The molecule has 2 heterocycles. The SMILES string of the molecule is CCc1cc(/C=C/C#N)cc(C)c1Oc1nc(Cl)nc2nn(C(=O)OC(C)(C)C)c(C)c12. The van der Waals surface area contributed by atoms with E-state index in [0.29, 0.717) is 23.3 Å². The smallest absolute Gasteiger partial charge is 0.435 e. The van der Waals surface area contributed by atoms with E-state index >= 15 is 0 Å². The molecule has 0 unspecified atom stereocenters. The molecule has 2 aromatic heterocycles. The van der Waals surface area contributed by atoms with Crippen molar-refractivity contribution >= 4 is 34.8 Å². The highest BCUT2D eigenvalue weighted by Gasteiger charge is 2.25. The maximum absolute atomic E-state index is 12.6. The molecular formula is C23H24ClN5O3. The van der Waals surface area contributed by atoms with Crippen LogP contribution in [0.1, 0.15) is 50.1 Å². The summed E-state index contributed by atoms with van der Waals surface area (Å²) in [6, 6.07) is 5.86. The highest BCUT2D eigenvalue weighted by molar-refractivity contribution is 6.28. The Morgan fingerprint density at radius 3 is 2.62 bits per heavy atom. The Morgan fingerprint density at radius 1 is 1.28 bits per heavy atom. The van der Waals surface area contributed by atoms with Crippen LogP contribution < -0.4 is 4.74 Å². The fraction of sp³-hybridized carbons (Fsp3) is 0.348. The van der Waals surface area contributed by atoms with Gasteiger partial charge in [-0.2, -0.15) is 19.9 Å². The number of rotatable bonds is 4. The molecule has 0 saturated heterocycles. The van der Waals surface area contributed by atoms with Crippen molar-refractivity contribution in [1.29, 1.82) is 5.26 Å². The largest absolute Gasteiger partial charge is 0.442 e. The first-order chi connectivity index (χ1) is 15.0. The lowest BCUT2D eigenvalue weighted by atomic mass is 10.0. The number of benzene rings is 1. The summed E-state index contributed by atoms with van der Waals surface area (Å²) in [6.45, 7) is 11.0. The Kier molecular flexibility index (Phi) is 6.51. The third kappa shape index (κ3) is 4.89. The summed E-state index contributed by atoms with van der Waals surface area (Å²) >= 11 is 6.13. The highest BCUT2D eigenvalue weighted by atomic mass is 35.5. The number of ether oxygens (including phenoxy) is 2. The molecule has 1 aromatic carbocycles. The van der Waals surface area contributed by atoms with Gasteiger partial charge in [0.1, 0.15) is 16.7 Å². The van der Waals surface area contributed by atoms with Crippen LogP contribution in [0.5, 0.6) is 11.6 Å². The molecule has 0 saturated carbocycles. The molecule has 0 fully saturated rings. The minimum absolute atomic E-state index is 0.0504. The normalized spacial score (nSPS) is 11.7. The number of aromatic nitrogens is 4. The molecule has 0 aliphatic carbocycles. The van der Waals surface area contributed by atoms with E-state index in [-0.39, 0.29) is 16.8 Å². The van der Waals surface area contributed by atoms with Gasteiger partial charge in [-0.05, 0) is 87.5 Å². The number of hydrogen-bond acceptors (Lipinski definition) is 7. The van der Waals surface area contributed by atoms with Gasteiger partial charge in [0, 0.05) is 6.08 Å². The number of carbonyl (C=O) groups is 1. The number of halogens is 1. The number of carbonyl (C=O) groups excluding carboxylic acids is 1. The molecule has 166 valence electrons. The zero-order valence-electron chi connectivity index (χ0n) is 18.9. The van der Waals surface area contributed by atoms with E-state index in [1.165, 1.54) is 6.08 Å². The van der Waals surface area contributed by atoms with E-state index in [1.807, 2.05) is 32.0 Å². The molecular weight excluding hydrogens is 430 g/mol. The molecule has 0 radical (unpaired) electrons. The van der Waals surface area contributed by atoms with Crippen LogP contribution in [0.2, 0.25) is 5.28 Å². The molecule has 0 N–H and O–H groups in total. The van der Waals surface area contributed by atoms with Crippen molar-refractivity contribution in [2.75, 3.05) is 0 Å². The highest BCUT2D eigenvalue weighted by Crippen LogP contribution is 2.35. The molecule has 3 rings (SSSR count). The van der Waals surface area contributed by atoms with E-state index in [0.717, 1.165) is 21.4 Å². The van der Waals surface area contributed by atoms with Crippen molar-refractivity contribution in [2.45, 2.75) is 53.6 Å². The lowest BCUT2D eigenvalue weighted by Gasteiger charge is -2.19. The van der Waals surface area contributed by atoms with Gasteiger partial charge in [-0.3, -0.25) is 0 Å². The van der Waals surface area contributed by atoms with Gasteiger partial charge in [0.25, 0.3) is 0 Å². The summed E-state index contributed by atoms with van der Waals surface area (Å²) in [4.78, 5) is 21.0. The number of allylic oxidation sites excluding steroid dienone is 1. The summed E-state index contributed by atoms with van der Waals surface area (Å²) in [7, 11) is 0. The van der Waals surface area contributed by atoms with Gasteiger partial charge in [0.15, 0.2) is 5.65 Å². The van der Waals surface area contributed by atoms with Gasteiger partial charge in [0.2, 0.25) is 11.2 Å². The van der Waals surface area contributed by atoms with Crippen LogP contribution in [0.3, 0.4) is 0 Å². The summed E-state index contributed by atoms with van der Waals surface area (Å²) < 4.78 is 12.8. The van der Waals surface area contributed by atoms with Crippen molar-refractivity contribution in [3.8, 4) is 17.7 Å². The van der Waals surface area contributed by atoms with Gasteiger partial charge in [-0.25, -0.2) is 4.79 Å². The number of nitriles is 1. The van der Waals surface area contributed by atoms with E-state index in [4.69, 9.17) is 26.3 Å². The standard InChI is InChI=1S/C23H24ClN5O3/c1-7-16-12-15(9-8-10-25)11-13(2)18(16)31-20-17-14(3)29(22(30)32-23(4,5)6)28-19(17)26-21(24)27-20/h8-9,11-12H,7H2,1-6H3/b9-8+. The van der Waals surface area contributed by atoms with Crippen molar-refractivity contribution in [2.24, 2.45) is 0 Å². The van der Waals surface area contributed by atoms with Gasteiger partial charge in [-0.15, -0.1) is 5.10 Å². The maximum Gasteiger partial charge on any atom is 0.435 e. The van der Waals surface area contributed by atoms with Crippen molar-refractivity contribution in [1.82, 2.24) is 19.7 Å². The minimum atomic E-state index is -0.681. The number of aryl methyl sites for hydroxylation is 3. The Balaban J connectivity index is 2.11. The van der Waals surface area contributed by atoms with Crippen LogP contribution >= 0.6 is 11.6 Å². The predicted octanol–water partition coefficient (Wildman–Crippen LogP) is 5.77. The molecule has 9 heteroatoms. The second-order valence-electron chi connectivity index (χ2n) is 8.22. The van der Waals surface area contributed by atoms with Gasteiger partial charge in [-0.1, -0.05) is 6.92 Å². The van der Waals surface area contributed by atoms with Crippen LogP contribution in [-0.4, -0.2) is 31.4 Å². The number of fused-ring (bicyclic) bond motifs is 1. The first kappa shape index (κ1) is 23.2. The monoisotopic (exact) mass is 453 g/mol. The lowest BCUT2D eigenvalue weighted by molar-refractivity contribution is 0.0512. The van der Waals surface area contributed by atoms with Gasteiger partial charge in [0.05, 0.1) is 11.8 Å². The summed E-state index contributed by atoms with van der Waals surface area (Å²) in [5.74, 6) is 0.826. The quantitative estimate of drug-likeness (QED) is 0.364. The zero-order chi connectivity index (χ0) is 23.6. The molecule has 0 aliphatic rings. The van der Waals surface area contributed by atoms with Gasteiger partial charge >= 0.3 is 6.09 Å². The van der Waals surface area contributed by atoms with Gasteiger partial charge < -0.3 is 9.47 Å². The third-order valence-electron chi connectivity index (χ3n) is 4.57. The minimum Gasteiger partial charge on any atom is -0.442 e. The first-order valence-corrected chi connectivity index (χ1v) is 10.5. The zero-order valence-corrected chi connectivity index (χ0v) is 19.6. The summed E-state index contributed by atoms with van der Waals surface area (Å²) in [5.41, 5.74) is 2.72. The predicted molar refractivity (Wildman–Crippen MR) is 122 cm³/mol. The van der Waals surface area contributed by atoms with Crippen LogP contribution in [0.15, 0.2) is 18.2 Å². The summed E-state index contributed by atoms with van der Waals surface area (Å²) in [5, 5.41) is 13.5. The average molecular weight is 454 g/mol. The molecule has 0 atom stereocenters. The molecule has 8 nitrogen and oxygen atoms in total. The van der Waals surface area contributed by atoms with Crippen molar-refractivity contribution in [3.05, 3.63) is 45.9 Å². The molecule has 3 aromatic rings. The first-order valence-electron chi connectivity index (χ1n) is 10.1. The van der Waals surface area contributed by atoms with Crippen molar-refractivity contribution < 1.29 is 14.3 Å². The second-order valence-corrected chi connectivity index (χ2v) is 8.56. The van der Waals surface area contributed by atoms with Crippen LogP contribution in [0.4, 0.5) is 4.79 Å². The molecule has 0 spiro atoms. The summed E-state index contributed by atoms with van der Waals surface area (Å²) in [6.07, 6.45) is 3.23. The van der Waals surface area contributed by atoms with E-state index in [1.54, 1.807) is 33.8 Å².